The minimum atomic E-state index is -2.42. The van der Waals surface area contributed by atoms with Crippen molar-refractivity contribution in [2.75, 3.05) is 0 Å². The van der Waals surface area contributed by atoms with E-state index in [0.29, 0.717) is 0 Å². The van der Waals surface area contributed by atoms with E-state index >= 15 is 0 Å². The molecule has 0 spiro atoms. The first-order valence-electron chi connectivity index (χ1n) is 0.408. The van der Waals surface area contributed by atoms with Crippen molar-refractivity contribution in [1.29, 1.82) is 0 Å². The zero-order valence-electron chi connectivity index (χ0n) is 2.95. The molecule has 0 N–H and O–H groups in total. The first-order valence-corrected chi connectivity index (χ1v) is 2.97. The minimum absolute atomic E-state index is 0. The van der Waals surface area contributed by atoms with E-state index in [1.807, 2.05) is 0 Å². The molecule has 0 radical (unpaired) electrons. The van der Waals surface area contributed by atoms with Gasteiger partial charge in [0.05, 0.1) is 0 Å². The molecule has 0 rings (SSSR count). The number of hydrogen-bond donors (Lipinski definition) is 0. The van der Waals surface area contributed by atoms with Crippen LogP contribution < -0.4 is 0 Å². The van der Waals surface area contributed by atoms with Crippen LogP contribution in [0.25, 0.3) is 0 Å². The molecule has 0 saturated heterocycles. The molecule has 0 aliphatic carbocycles. The van der Waals surface area contributed by atoms with Crippen molar-refractivity contribution in [3.8, 4) is 0 Å². The van der Waals surface area contributed by atoms with Gasteiger partial charge in [-0.3, -0.25) is 0 Å². The van der Waals surface area contributed by atoms with E-state index < -0.39 is 37.8 Å². The Hall–Kier alpha value is 2.14. The zero-order chi connectivity index (χ0) is 2.71. The zero-order valence-corrected chi connectivity index (χ0v) is 9.36. The van der Waals surface area contributed by atoms with Crippen LogP contribution in [0.4, 0.5) is 0 Å². The summed E-state index contributed by atoms with van der Waals surface area (Å²) in [5, 5.41) is 0. The molecule has 0 amide bonds. The monoisotopic (exact) mass is 316 g/mol. The third kappa shape index (κ3) is 67.1. The fourth-order valence-electron chi connectivity index (χ4n) is 0. The third-order valence-corrected chi connectivity index (χ3v) is 0. The van der Waals surface area contributed by atoms with E-state index in [1.165, 1.54) is 0 Å². The van der Waals surface area contributed by atoms with Crippen LogP contribution in [0.5, 0.6) is 0 Å². The Morgan fingerprint density at radius 3 is 0.714 bits per heavy atom. The predicted octanol–water partition coefficient (Wildman–Crippen LogP) is 1.45. The van der Waals surface area contributed by atoms with Gasteiger partial charge in [0.1, 0.15) is 0 Å². The van der Waals surface area contributed by atoms with E-state index in [1.54, 1.807) is 0 Å². The molecule has 0 bridgehead atoms. The van der Waals surface area contributed by atoms with Crippen molar-refractivity contribution in [2.45, 2.75) is 0 Å². The summed E-state index contributed by atoms with van der Waals surface area (Å²) >= 11 is -2.42. The standard InChI is InChI=1S/Ce.4ClH.2O/h;4*1H;;. The molecule has 48 valence electrons. The van der Waals surface area contributed by atoms with E-state index in [9.17, 15) is 0 Å². The maximum absolute atomic E-state index is 8.57. The summed E-state index contributed by atoms with van der Waals surface area (Å²) in [5.74, 6) is 0. The summed E-state index contributed by atoms with van der Waals surface area (Å²) < 4.78 is 17.1. The SMILES string of the molecule is Cl.Cl.Cl.Cl.[O]=[Ce]=[O]. The van der Waals surface area contributed by atoms with E-state index in [-0.39, 0.29) is 49.6 Å². The topological polar surface area (TPSA) is 34.1 Å². The molecular formula is H4CeCl4O2. The van der Waals surface area contributed by atoms with E-state index in [2.05, 4.69) is 0 Å². The summed E-state index contributed by atoms with van der Waals surface area (Å²) in [7, 11) is 0. The van der Waals surface area contributed by atoms with Crippen LogP contribution in [-0.2, 0) is 1.88 Å². The van der Waals surface area contributed by atoms with Gasteiger partial charge in [-0.05, 0) is 0 Å². The molecule has 0 aromatic carbocycles. The second kappa shape index (κ2) is 42.1. The molecule has 0 aromatic heterocycles. The van der Waals surface area contributed by atoms with Crippen molar-refractivity contribution < 1.29 is 39.7 Å². The van der Waals surface area contributed by atoms with E-state index in [0.717, 1.165) is 0 Å². The molecule has 7 heteroatoms. The van der Waals surface area contributed by atoms with Gasteiger partial charge in [-0.1, -0.05) is 0 Å². The molecular weight excluding hydrogens is 314 g/mol. The fraction of sp³-hybridized carbons (Fsp3) is 0. The fourth-order valence-corrected chi connectivity index (χ4v) is 0. The first-order chi connectivity index (χ1) is 1.41. The Morgan fingerprint density at radius 2 is 0.714 bits per heavy atom. The first kappa shape index (κ1) is 35.3. The van der Waals surface area contributed by atoms with Gasteiger partial charge in [0.15, 0.2) is 0 Å². The van der Waals surface area contributed by atoms with E-state index in [4.69, 9.17) is 1.88 Å². The summed E-state index contributed by atoms with van der Waals surface area (Å²) in [6.45, 7) is 0. The van der Waals surface area contributed by atoms with Crippen LogP contribution in [0.1, 0.15) is 0 Å². The van der Waals surface area contributed by atoms with Gasteiger partial charge in [-0.25, -0.2) is 0 Å². The summed E-state index contributed by atoms with van der Waals surface area (Å²) in [4.78, 5) is 0. The normalized spacial score (nSPS) is 1.14. The Kier molecular flexibility index (Phi) is 213. The third-order valence-electron chi connectivity index (χ3n) is 0. The van der Waals surface area contributed by atoms with Crippen molar-refractivity contribution in [3.05, 3.63) is 0 Å². The van der Waals surface area contributed by atoms with Gasteiger partial charge in [-0.2, -0.15) is 0 Å². The molecule has 0 aliphatic rings. The molecule has 0 saturated carbocycles. The van der Waals surface area contributed by atoms with Crippen molar-refractivity contribution >= 4 is 49.6 Å². The number of rotatable bonds is 0. The van der Waals surface area contributed by atoms with Gasteiger partial charge in [0.25, 0.3) is 0 Å². The second-order valence-electron chi connectivity index (χ2n) is 0.0833. The van der Waals surface area contributed by atoms with Crippen LogP contribution in [0.15, 0.2) is 0 Å². The van der Waals surface area contributed by atoms with Crippen molar-refractivity contribution in [3.63, 3.8) is 0 Å². The molecule has 2 nitrogen and oxygen atoms in total. The summed E-state index contributed by atoms with van der Waals surface area (Å²) in [5.41, 5.74) is 0. The van der Waals surface area contributed by atoms with Crippen LogP contribution in [0.3, 0.4) is 0 Å². The van der Waals surface area contributed by atoms with Gasteiger partial charge < -0.3 is 0 Å². The van der Waals surface area contributed by atoms with Gasteiger partial charge in [0, 0.05) is 0 Å². The maximum atomic E-state index is 8.57. The number of hydrogen-bond acceptors (Lipinski definition) is 2. The Morgan fingerprint density at radius 1 is 0.714 bits per heavy atom. The van der Waals surface area contributed by atoms with Gasteiger partial charge in [0.2, 0.25) is 0 Å². The van der Waals surface area contributed by atoms with Crippen LogP contribution >= 0.6 is 49.6 Å². The quantitative estimate of drug-likeness (QED) is 0.677. The van der Waals surface area contributed by atoms with Crippen LogP contribution in [-0.4, -0.2) is 0 Å². The Labute approximate surface area is 87.8 Å². The average Bonchev–Trinajstić information content (AvgIpc) is 0.918. The summed E-state index contributed by atoms with van der Waals surface area (Å²) in [6, 6.07) is 0. The number of halogens is 4. The Bertz CT molecular complexity index is 30.7. The summed E-state index contributed by atoms with van der Waals surface area (Å²) in [6.07, 6.45) is 0. The molecule has 0 aromatic rings. The van der Waals surface area contributed by atoms with Crippen LogP contribution in [0.2, 0.25) is 0 Å². The molecule has 0 heterocycles. The second-order valence-corrected chi connectivity index (χ2v) is 0.607. The van der Waals surface area contributed by atoms with Crippen LogP contribution in [0, 0.1) is 37.8 Å². The van der Waals surface area contributed by atoms with Gasteiger partial charge >= 0.3 is 39.7 Å². The van der Waals surface area contributed by atoms with Gasteiger partial charge in [-0.15, -0.1) is 49.6 Å². The molecule has 0 unspecified atom stereocenters. The van der Waals surface area contributed by atoms with Crippen molar-refractivity contribution in [1.82, 2.24) is 0 Å². The molecule has 0 fully saturated rings. The van der Waals surface area contributed by atoms with Crippen molar-refractivity contribution in [2.24, 2.45) is 0 Å². The molecule has 7 heavy (non-hydrogen) atoms. The molecule has 0 aliphatic heterocycles. The molecule has 0 atom stereocenters. The average molecular weight is 318 g/mol. The Balaban J connectivity index is -0.00000000333. The predicted molar refractivity (Wildman–Crippen MR) is 30.4 cm³/mol.